The molecule has 2 rings (SSSR count). The Balaban J connectivity index is 2.12. The van der Waals surface area contributed by atoms with Crippen LogP contribution >= 0.6 is 11.8 Å². The van der Waals surface area contributed by atoms with Crippen LogP contribution in [-0.2, 0) is 5.75 Å². The number of nitrogen functional groups attached to an aromatic ring is 1. The first-order valence-corrected chi connectivity index (χ1v) is 6.22. The first-order chi connectivity index (χ1) is 9.04. The molecule has 7 nitrogen and oxygen atoms in total. The molecule has 0 amide bonds. The zero-order chi connectivity index (χ0) is 13.8. The highest BCUT2D eigenvalue weighted by Gasteiger charge is 2.06. The van der Waals surface area contributed by atoms with E-state index in [4.69, 9.17) is 10.8 Å². The molecule has 0 spiro atoms. The Bertz CT molecular complexity index is 671. The highest BCUT2D eigenvalue weighted by Crippen LogP contribution is 2.17. The number of carboxylic acid groups (broad SMARTS) is 1. The van der Waals surface area contributed by atoms with Crippen LogP contribution in [0.4, 0.5) is 5.82 Å². The third kappa shape index (κ3) is 3.55. The van der Waals surface area contributed by atoms with Gasteiger partial charge in [0.1, 0.15) is 11.5 Å². The summed E-state index contributed by atoms with van der Waals surface area (Å²) in [6.45, 7) is 0. The van der Waals surface area contributed by atoms with Gasteiger partial charge < -0.3 is 15.8 Å². The lowest BCUT2D eigenvalue weighted by atomic mass is 10.3. The number of hydrogen-bond donors (Lipinski definition) is 3. The standard InChI is InChI=1S/C11H10N4O3S/c12-8-4-9(16)15-11(14-8)19-5-6-2-1-3-7(13-6)10(17)18/h1-4H,5H2,(H,17,18)(H3,12,14,15,16). The van der Waals surface area contributed by atoms with Gasteiger partial charge in [0.25, 0.3) is 5.56 Å². The van der Waals surface area contributed by atoms with Crippen LogP contribution in [0.2, 0.25) is 0 Å². The van der Waals surface area contributed by atoms with Crippen LogP contribution in [0.1, 0.15) is 16.2 Å². The lowest BCUT2D eigenvalue weighted by molar-refractivity contribution is 0.0690. The van der Waals surface area contributed by atoms with Gasteiger partial charge in [0.2, 0.25) is 0 Å². The number of carbonyl (C=O) groups is 1. The first-order valence-electron chi connectivity index (χ1n) is 5.23. The highest BCUT2D eigenvalue weighted by atomic mass is 32.2. The molecular weight excluding hydrogens is 268 g/mol. The summed E-state index contributed by atoms with van der Waals surface area (Å²) in [5.41, 5.74) is 5.68. The van der Waals surface area contributed by atoms with Gasteiger partial charge in [0, 0.05) is 11.8 Å². The van der Waals surface area contributed by atoms with Crippen LogP contribution in [0.25, 0.3) is 0 Å². The maximum Gasteiger partial charge on any atom is 0.354 e. The van der Waals surface area contributed by atoms with E-state index in [-0.39, 0.29) is 17.1 Å². The molecule has 0 saturated carbocycles. The number of nitrogens with one attached hydrogen (secondary N) is 1. The number of rotatable bonds is 4. The van der Waals surface area contributed by atoms with E-state index in [1.807, 2.05) is 0 Å². The van der Waals surface area contributed by atoms with E-state index in [0.717, 1.165) is 0 Å². The summed E-state index contributed by atoms with van der Waals surface area (Å²) < 4.78 is 0. The normalized spacial score (nSPS) is 10.3. The molecular formula is C11H10N4O3S. The van der Waals surface area contributed by atoms with Crippen LogP contribution in [0.15, 0.2) is 34.2 Å². The van der Waals surface area contributed by atoms with E-state index < -0.39 is 5.97 Å². The van der Waals surface area contributed by atoms with Gasteiger partial charge >= 0.3 is 5.97 Å². The first kappa shape index (κ1) is 13.1. The van der Waals surface area contributed by atoms with Crippen molar-refractivity contribution in [1.82, 2.24) is 15.0 Å². The fourth-order valence-electron chi connectivity index (χ4n) is 1.34. The molecule has 2 aromatic rings. The van der Waals surface area contributed by atoms with E-state index in [1.54, 1.807) is 12.1 Å². The predicted octanol–water partition coefficient (Wildman–Crippen LogP) is 0.738. The van der Waals surface area contributed by atoms with Crippen LogP contribution in [-0.4, -0.2) is 26.0 Å². The smallest absolute Gasteiger partial charge is 0.354 e. The molecule has 8 heteroatoms. The maximum absolute atomic E-state index is 11.2. The minimum absolute atomic E-state index is 0.0212. The van der Waals surface area contributed by atoms with Gasteiger partial charge in [-0.15, -0.1) is 0 Å². The summed E-state index contributed by atoms with van der Waals surface area (Å²) in [6.07, 6.45) is 0. The molecule has 0 aliphatic rings. The van der Waals surface area contributed by atoms with Crippen molar-refractivity contribution >= 4 is 23.5 Å². The average Bonchev–Trinajstić information content (AvgIpc) is 2.35. The fourth-order valence-corrected chi connectivity index (χ4v) is 2.13. The molecule has 0 aromatic carbocycles. The van der Waals surface area contributed by atoms with Crippen molar-refractivity contribution in [2.24, 2.45) is 0 Å². The topological polar surface area (TPSA) is 122 Å². The Kier molecular flexibility index (Phi) is 3.81. The van der Waals surface area contributed by atoms with Crippen molar-refractivity contribution in [3.63, 3.8) is 0 Å². The molecule has 98 valence electrons. The minimum Gasteiger partial charge on any atom is -0.477 e. The Morgan fingerprint density at radius 3 is 2.89 bits per heavy atom. The second-order valence-electron chi connectivity index (χ2n) is 3.58. The number of pyridine rings is 1. The van der Waals surface area contributed by atoms with Gasteiger partial charge in [-0.05, 0) is 12.1 Å². The van der Waals surface area contributed by atoms with Crippen LogP contribution in [0.5, 0.6) is 0 Å². The molecule has 4 N–H and O–H groups in total. The lowest BCUT2D eigenvalue weighted by Gasteiger charge is -2.02. The quantitative estimate of drug-likeness (QED) is 0.556. The van der Waals surface area contributed by atoms with Gasteiger partial charge in [0.05, 0.1) is 5.69 Å². The number of aromatic nitrogens is 3. The van der Waals surface area contributed by atoms with E-state index >= 15 is 0 Å². The summed E-state index contributed by atoms with van der Waals surface area (Å²) in [7, 11) is 0. The molecule has 2 aromatic heterocycles. The average molecular weight is 278 g/mol. The molecule has 0 aliphatic heterocycles. The summed E-state index contributed by atoms with van der Waals surface area (Å²) in [4.78, 5) is 32.4. The highest BCUT2D eigenvalue weighted by molar-refractivity contribution is 7.98. The molecule has 0 saturated heterocycles. The summed E-state index contributed by atoms with van der Waals surface area (Å²) in [6, 6.07) is 5.91. The van der Waals surface area contributed by atoms with Crippen molar-refractivity contribution < 1.29 is 9.90 Å². The monoisotopic (exact) mass is 278 g/mol. The zero-order valence-electron chi connectivity index (χ0n) is 9.66. The fraction of sp³-hybridized carbons (Fsp3) is 0.0909. The van der Waals surface area contributed by atoms with E-state index in [2.05, 4.69) is 15.0 Å². The summed E-state index contributed by atoms with van der Waals surface area (Å²) in [5.74, 6) is -0.561. The predicted molar refractivity (Wildman–Crippen MR) is 70.0 cm³/mol. The van der Waals surface area contributed by atoms with Crippen molar-refractivity contribution in [3.8, 4) is 0 Å². The van der Waals surface area contributed by atoms with E-state index in [1.165, 1.54) is 23.9 Å². The molecule has 0 bridgehead atoms. The Labute approximate surface area is 111 Å². The third-order valence-electron chi connectivity index (χ3n) is 2.12. The van der Waals surface area contributed by atoms with Crippen molar-refractivity contribution in [3.05, 3.63) is 46.0 Å². The van der Waals surface area contributed by atoms with Crippen molar-refractivity contribution in [1.29, 1.82) is 0 Å². The number of nitrogens with zero attached hydrogens (tertiary/aromatic N) is 2. The van der Waals surface area contributed by atoms with Gasteiger partial charge in [-0.1, -0.05) is 17.8 Å². The van der Waals surface area contributed by atoms with Gasteiger partial charge in [0.15, 0.2) is 5.16 Å². The minimum atomic E-state index is -1.08. The number of nitrogens with two attached hydrogens (primary N) is 1. The van der Waals surface area contributed by atoms with Crippen LogP contribution in [0.3, 0.4) is 0 Å². The maximum atomic E-state index is 11.2. The zero-order valence-corrected chi connectivity index (χ0v) is 10.5. The van der Waals surface area contributed by atoms with Crippen molar-refractivity contribution in [2.75, 3.05) is 5.73 Å². The largest absolute Gasteiger partial charge is 0.477 e. The molecule has 2 heterocycles. The van der Waals surface area contributed by atoms with Crippen LogP contribution in [0, 0.1) is 0 Å². The molecule has 0 aliphatic carbocycles. The molecule has 0 radical (unpaired) electrons. The Morgan fingerprint density at radius 2 is 2.21 bits per heavy atom. The summed E-state index contributed by atoms with van der Waals surface area (Å²) >= 11 is 1.22. The van der Waals surface area contributed by atoms with Gasteiger partial charge in [-0.2, -0.15) is 0 Å². The van der Waals surface area contributed by atoms with Gasteiger partial charge in [-0.3, -0.25) is 4.79 Å². The van der Waals surface area contributed by atoms with Crippen molar-refractivity contribution in [2.45, 2.75) is 10.9 Å². The van der Waals surface area contributed by atoms with E-state index in [9.17, 15) is 9.59 Å². The third-order valence-corrected chi connectivity index (χ3v) is 3.03. The summed E-state index contributed by atoms with van der Waals surface area (Å²) in [5, 5.41) is 9.19. The lowest BCUT2D eigenvalue weighted by Crippen LogP contribution is -2.09. The Hall–Kier alpha value is -2.35. The second-order valence-corrected chi connectivity index (χ2v) is 4.55. The number of hydrogen-bond acceptors (Lipinski definition) is 6. The molecule has 0 fully saturated rings. The van der Waals surface area contributed by atoms with Crippen LogP contribution < -0.4 is 11.3 Å². The number of carboxylic acids is 1. The molecule has 19 heavy (non-hydrogen) atoms. The second kappa shape index (κ2) is 5.53. The Morgan fingerprint density at radius 1 is 1.42 bits per heavy atom. The molecule has 0 unspecified atom stereocenters. The SMILES string of the molecule is Nc1cc(=O)[nH]c(SCc2cccc(C(=O)O)n2)n1. The number of anilines is 1. The van der Waals surface area contributed by atoms with E-state index in [0.29, 0.717) is 16.6 Å². The molecule has 0 atom stereocenters. The number of aromatic amines is 1. The number of thioether (sulfide) groups is 1. The van der Waals surface area contributed by atoms with Gasteiger partial charge in [-0.25, -0.2) is 14.8 Å². The number of aromatic carboxylic acids is 1. The number of H-pyrrole nitrogens is 1.